The van der Waals surface area contributed by atoms with Crippen LogP contribution < -0.4 is 10.6 Å². The van der Waals surface area contributed by atoms with E-state index in [1.807, 2.05) is 24.3 Å². The van der Waals surface area contributed by atoms with Gasteiger partial charge in [0.2, 0.25) is 5.91 Å². The van der Waals surface area contributed by atoms with Crippen molar-refractivity contribution in [3.05, 3.63) is 59.0 Å². The summed E-state index contributed by atoms with van der Waals surface area (Å²) < 4.78 is 5.82. The van der Waals surface area contributed by atoms with Gasteiger partial charge < -0.3 is 15.1 Å². The Balaban J connectivity index is 1.45. The van der Waals surface area contributed by atoms with Crippen LogP contribution in [-0.2, 0) is 17.8 Å². The van der Waals surface area contributed by atoms with Gasteiger partial charge in [-0.2, -0.15) is 0 Å². The van der Waals surface area contributed by atoms with Gasteiger partial charge in [-0.05, 0) is 42.2 Å². The van der Waals surface area contributed by atoms with E-state index in [1.54, 1.807) is 19.2 Å². The number of carbonyl (C=O) groups excluding carboxylic acids is 2. The zero-order chi connectivity index (χ0) is 17.8. The molecule has 2 amide bonds. The number of hydrogen-bond acceptors (Lipinski definition) is 3. The summed E-state index contributed by atoms with van der Waals surface area (Å²) >= 11 is 0. The summed E-state index contributed by atoms with van der Waals surface area (Å²) in [4.78, 5) is 23.7. The maximum absolute atomic E-state index is 12.0. The van der Waals surface area contributed by atoms with Crippen molar-refractivity contribution in [1.82, 2.24) is 10.6 Å². The molecular weight excluding hydrogens is 316 g/mol. The highest BCUT2D eigenvalue weighted by molar-refractivity contribution is 5.94. The smallest absolute Gasteiger partial charge is 0.251 e. The van der Waals surface area contributed by atoms with E-state index >= 15 is 0 Å². The Morgan fingerprint density at radius 1 is 1.24 bits per heavy atom. The minimum atomic E-state index is -0.133. The van der Waals surface area contributed by atoms with E-state index in [0.29, 0.717) is 36.8 Å². The van der Waals surface area contributed by atoms with Gasteiger partial charge in [-0.3, -0.25) is 9.59 Å². The molecule has 1 heterocycles. The zero-order valence-corrected chi connectivity index (χ0v) is 14.7. The fraction of sp³-hybridized carbons (Fsp3) is 0.400. The summed E-state index contributed by atoms with van der Waals surface area (Å²) in [7, 11) is 1.60. The van der Waals surface area contributed by atoms with Crippen LogP contribution in [0.15, 0.2) is 40.8 Å². The van der Waals surface area contributed by atoms with Crippen LogP contribution in [0.25, 0.3) is 0 Å². The second-order valence-electron chi connectivity index (χ2n) is 6.68. The number of amides is 2. The Morgan fingerprint density at radius 3 is 2.76 bits per heavy atom. The predicted molar refractivity (Wildman–Crippen MR) is 95.2 cm³/mol. The number of aryl methyl sites for hydroxylation is 1. The van der Waals surface area contributed by atoms with Crippen molar-refractivity contribution >= 4 is 11.8 Å². The first-order valence-electron chi connectivity index (χ1n) is 8.73. The molecule has 0 saturated heterocycles. The van der Waals surface area contributed by atoms with Crippen LogP contribution in [0.3, 0.4) is 0 Å². The van der Waals surface area contributed by atoms with Gasteiger partial charge in [0.1, 0.15) is 11.5 Å². The molecule has 3 rings (SSSR count). The molecule has 0 aliphatic heterocycles. The molecule has 5 nitrogen and oxygen atoms in total. The van der Waals surface area contributed by atoms with Crippen molar-refractivity contribution in [2.45, 2.75) is 38.6 Å². The average molecular weight is 340 g/mol. The fourth-order valence-electron chi connectivity index (χ4n) is 2.94. The van der Waals surface area contributed by atoms with Crippen molar-refractivity contribution in [2.24, 2.45) is 5.92 Å². The number of rotatable bonds is 7. The zero-order valence-electron chi connectivity index (χ0n) is 14.7. The second kappa shape index (κ2) is 7.55. The van der Waals surface area contributed by atoms with Crippen molar-refractivity contribution < 1.29 is 14.0 Å². The maximum Gasteiger partial charge on any atom is 0.251 e. The minimum absolute atomic E-state index is 0.0249. The Hall–Kier alpha value is -2.56. The minimum Gasteiger partial charge on any atom is -0.466 e. The van der Waals surface area contributed by atoms with Gasteiger partial charge in [0, 0.05) is 37.9 Å². The molecule has 0 bridgehead atoms. The lowest BCUT2D eigenvalue weighted by Gasteiger charge is -2.06. The standard InChI is InChI=1S/C20H24N2O3/c1-13-10-17(13)18-8-6-16(25-18)7-9-19(23)22-12-14-4-3-5-15(11-14)20(24)21-2/h3-6,8,11,13,17H,7,9-10,12H2,1-2H3,(H,21,24)(H,22,23). The summed E-state index contributed by atoms with van der Waals surface area (Å²) in [5, 5.41) is 5.48. The van der Waals surface area contributed by atoms with Crippen LogP contribution in [0.2, 0.25) is 0 Å². The van der Waals surface area contributed by atoms with Crippen LogP contribution in [0, 0.1) is 5.92 Å². The molecule has 0 radical (unpaired) electrons. The number of nitrogens with one attached hydrogen (secondary N) is 2. The lowest BCUT2D eigenvalue weighted by molar-refractivity contribution is -0.121. The molecule has 132 valence electrons. The molecule has 2 N–H and O–H groups in total. The molecule has 1 aliphatic rings. The molecule has 1 aromatic carbocycles. The van der Waals surface area contributed by atoms with E-state index in [2.05, 4.69) is 17.6 Å². The molecule has 25 heavy (non-hydrogen) atoms. The van der Waals surface area contributed by atoms with E-state index in [1.165, 1.54) is 6.42 Å². The summed E-state index contributed by atoms with van der Waals surface area (Å²) in [6, 6.07) is 11.2. The summed E-state index contributed by atoms with van der Waals surface area (Å²) in [5.41, 5.74) is 1.49. The first-order chi connectivity index (χ1) is 12.1. The third-order valence-electron chi connectivity index (χ3n) is 4.66. The van der Waals surface area contributed by atoms with Gasteiger partial charge in [0.25, 0.3) is 5.91 Å². The first kappa shape index (κ1) is 17.3. The van der Waals surface area contributed by atoms with Crippen molar-refractivity contribution in [1.29, 1.82) is 0 Å². The van der Waals surface area contributed by atoms with E-state index in [-0.39, 0.29) is 11.8 Å². The van der Waals surface area contributed by atoms with Gasteiger partial charge >= 0.3 is 0 Å². The monoisotopic (exact) mass is 340 g/mol. The first-order valence-corrected chi connectivity index (χ1v) is 8.73. The summed E-state index contributed by atoms with van der Waals surface area (Å²) in [6.07, 6.45) is 2.19. The van der Waals surface area contributed by atoms with Crippen LogP contribution >= 0.6 is 0 Å². The molecular formula is C20H24N2O3. The van der Waals surface area contributed by atoms with Gasteiger partial charge in [-0.1, -0.05) is 19.1 Å². The van der Waals surface area contributed by atoms with E-state index in [9.17, 15) is 9.59 Å². The van der Waals surface area contributed by atoms with Gasteiger partial charge in [0.05, 0.1) is 0 Å². The number of benzene rings is 1. The molecule has 1 aliphatic carbocycles. The SMILES string of the molecule is CNC(=O)c1cccc(CNC(=O)CCc2ccc(C3CC3C)o2)c1. The Bertz CT molecular complexity index is 766. The van der Waals surface area contributed by atoms with Gasteiger partial charge in [-0.25, -0.2) is 0 Å². The fourth-order valence-corrected chi connectivity index (χ4v) is 2.94. The Labute approximate surface area is 147 Å². The number of carbonyl (C=O) groups is 2. The van der Waals surface area contributed by atoms with Crippen molar-refractivity contribution in [3.63, 3.8) is 0 Å². The van der Waals surface area contributed by atoms with Crippen molar-refractivity contribution in [2.75, 3.05) is 7.05 Å². The normalized spacial score (nSPS) is 18.6. The average Bonchev–Trinajstić information content (AvgIpc) is 3.18. The van der Waals surface area contributed by atoms with Gasteiger partial charge in [0.15, 0.2) is 0 Å². The molecule has 2 aromatic rings. The molecule has 0 spiro atoms. The molecule has 5 heteroatoms. The van der Waals surface area contributed by atoms with Crippen molar-refractivity contribution in [3.8, 4) is 0 Å². The highest BCUT2D eigenvalue weighted by Crippen LogP contribution is 2.47. The molecule has 1 saturated carbocycles. The number of furan rings is 1. The van der Waals surface area contributed by atoms with E-state index in [0.717, 1.165) is 17.1 Å². The molecule has 1 aromatic heterocycles. The lowest BCUT2D eigenvalue weighted by Crippen LogP contribution is -2.23. The van der Waals surface area contributed by atoms with Crippen LogP contribution in [0.4, 0.5) is 0 Å². The van der Waals surface area contributed by atoms with Gasteiger partial charge in [-0.15, -0.1) is 0 Å². The van der Waals surface area contributed by atoms with Crippen LogP contribution in [-0.4, -0.2) is 18.9 Å². The third kappa shape index (κ3) is 4.50. The maximum atomic E-state index is 12.0. The Kier molecular flexibility index (Phi) is 5.22. The summed E-state index contributed by atoms with van der Waals surface area (Å²) in [6.45, 7) is 2.63. The molecule has 2 atom stereocenters. The van der Waals surface area contributed by atoms with Crippen LogP contribution in [0.1, 0.15) is 53.1 Å². The number of hydrogen-bond donors (Lipinski definition) is 2. The highest BCUT2D eigenvalue weighted by atomic mass is 16.3. The second-order valence-corrected chi connectivity index (χ2v) is 6.68. The molecule has 2 unspecified atom stereocenters. The predicted octanol–water partition coefficient (Wildman–Crippen LogP) is 3.01. The largest absolute Gasteiger partial charge is 0.466 e. The lowest BCUT2D eigenvalue weighted by atomic mass is 10.1. The third-order valence-corrected chi connectivity index (χ3v) is 4.66. The van der Waals surface area contributed by atoms with E-state index < -0.39 is 0 Å². The topological polar surface area (TPSA) is 71.3 Å². The summed E-state index contributed by atoms with van der Waals surface area (Å²) in [5.74, 6) is 3.04. The molecule has 1 fully saturated rings. The van der Waals surface area contributed by atoms with E-state index in [4.69, 9.17) is 4.42 Å². The highest BCUT2D eigenvalue weighted by Gasteiger charge is 2.36. The Morgan fingerprint density at radius 2 is 2.04 bits per heavy atom. The van der Waals surface area contributed by atoms with Crippen LogP contribution in [0.5, 0.6) is 0 Å². The quantitative estimate of drug-likeness (QED) is 0.814.